The molecule has 0 bridgehead atoms. The van der Waals surface area contributed by atoms with E-state index in [0.29, 0.717) is 18.4 Å². The van der Waals surface area contributed by atoms with Crippen molar-refractivity contribution in [1.82, 2.24) is 0 Å². The number of ether oxygens (including phenoxy) is 1. The van der Waals surface area contributed by atoms with Gasteiger partial charge < -0.3 is 4.74 Å². The molecule has 0 rings (SSSR count). The Bertz CT molecular complexity index is 541. The summed E-state index contributed by atoms with van der Waals surface area (Å²) in [6.45, 7) is 5.17. The maximum atomic E-state index is 11.7. The number of halogens is 1. The molecule has 0 aliphatic carbocycles. The molecule has 4 nitrogen and oxygen atoms in total. The summed E-state index contributed by atoms with van der Waals surface area (Å²) in [5.74, 6) is 0. The number of rotatable bonds is 29. The van der Waals surface area contributed by atoms with Crippen LogP contribution in [0.25, 0.3) is 0 Å². The van der Waals surface area contributed by atoms with Crippen molar-refractivity contribution in [2.75, 3.05) is 13.2 Å². The third-order valence-corrected chi connectivity index (χ3v) is 8.93. The van der Waals surface area contributed by atoms with Crippen LogP contribution >= 0.6 is 11.6 Å². The van der Waals surface area contributed by atoms with Crippen LogP contribution in [-0.4, -0.2) is 36.8 Å². The van der Waals surface area contributed by atoms with Crippen LogP contribution in [-0.2, 0) is 14.9 Å². The molecule has 0 heterocycles. The second-order valence-corrected chi connectivity index (χ2v) is 13.2. The quantitative estimate of drug-likeness (QED) is 0.0569. The Hall–Kier alpha value is 0.160. The molecule has 0 aromatic carbocycles. The van der Waals surface area contributed by atoms with Crippen LogP contribution in [0.3, 0.4) is 0 Å². The average Bonchev–Trinajstić information content (AvgIpc) is 2.84. The maximum absolute atomic E-state index is 11.7. The molecular formula is C30H61ClO4S. The predicted molar refractivity (Wildman–Crippen MR) is 158 cm³/mol. The Balaban J connectivity index is 3.58. The van der Waals surface area contributed by atoms with Gasteiger partial charge in [0.1, 0.15) is 5.25 Å². The molecule has 0 spiro atoms. The van der Waals surface area contributed by atoms with Gasteiger partial charge in [0.2, 0.25) is 0 Å². The molecule has 0 aliphatic heterocycles. The van der Waals surface area contributed by atoms with Gasteiger partial charge in [-0.3, -0.25) is 4.55 Å². The third kappa shape index (κ3) is 25.8. The van der Waals surface area contributed by atoms with Crippen LogP contribution in [0.15, 0.2) is 0 Å². The van der Waals surface area contributed by atoms with Crippen LogP contribution in [0.1, 0.15) is 168 Å². The lowest BCUT2D eigenvalue weighted by molar-refractivity contribution is 0.125. The molecule has 0 aromatic rings. The first kappa shape index (κ1) is 36.2. The van der Waals surface area contributed by atoms with Crippen molar-refractivity contribution in [2.24, 2.45) is 0 Å². The molecule has 0 radical (unpaired) electrons. The molecule has 0 saturated heterocycles. The van der Waals surface area contributed by atoms with E-state index in [-0.39, 0.29) is 6.61 Å². The normalized spacial score (nSPS) is 13.8. The van der Waals surface area contributed by atoms with Gasteiger partial charge in [-0.25, -0.2) is 0 Å². The van der Waals surface area contributed by atoms with Gasteiger partial charge in [0, 0.05) is 12.0 Å². The van der Waals surface area contributed by atoms with Gasteiger partial charge in [-0.2, -0.15) is 8.42 Å². The zero-order chi connectivity index (χ0) is 26.7. The monoisotopic (exact) mass is 552 g/mol. The molecule has 36 heavy (non-hydrogen) atoms. The molecule has 0 fully saturated rings. The molecule has 218 valence electrons. The largest absolute Gasteiger partial charge is 0.380 e. The Morgan fingerprint density at radius 3 is 1.36 bits per heavy atom. The zero-order valence-electron chi connectivity index (χ0n) is 24.0. The van der Waals surface area contributed by atoms with Crippen molar-refractivity contribution < 1.29 is 17.7 Å². The van der Waals surface area contributed by atoms with Crippen molar-refractivity contribution in [3.8, 4) is 0 Å². The molecular weight excluding hydrogens is 492 g/mol. The summed E-state index contributed by atoms with van der Waals surface area (Å²) in [5, 5.41) is -0.423. The lowest BCUT2D eigenvalue weighted by Gasteiger charge is -2.14. The molecule has 6 heteroatoms. The second kappa shape index (κ2) is 26.8. The van der Waals surface area contributed by atoms with E-state index in [1.807, 2.05) is 0 Å². The van der Waals surface area contributed by atoms with Crippen LogP contribution in [0.5, 0.6) is 0 Å². The summed E-state index contributed by atoms with van der Waals surface area (Å²) in [6, 6.07) is 0. The fourth-order valence-corrected chi connectivity index (χ4v) is 5.82. The van der Waals surface area contributed by atoms with Gasteiger partial charge >= 0.3 is 0 Å². The SMILES string of the molecule is CCCCCCCCCC(Cl)CCCCCCCCCCC(COCCCCCCCC)S(=O)(=O)O. The Morgan fingerprint density at radius 1 is 0.583 bits per heavy atom. The first-order chi connectivity index (χ1) is 17.4. The minimum absolute atomic E-state index is 0.119. The summed E-state index contributed by atoms with van der Waals surface area (Å²) < 4.78 is 38.4. The highest BCUT2D eigenvalue weighted by Crippen LogP contribution is 2.19. The molecule has 0 aliphatic rings. The Morgan fingerprint density at radius 2 is 0.944 bits per heavy atom. The van der Waals surface area contributed by atoms with Gasteiger partial charge in [0.25, 0.3) is 10.1 Å². The van der Waals surface area contributed by atoms with Crippen molar-refractivity contribution in [3.63, 3.8) is 0 Å². The maximum Gasteiger partial charge on any atom is 0.270 e. The fraction of sp³-hybridized carbons (Fsp3) is 1.00. The molecule has 0 saturated carbocycles. The smallest absolute Gasteiger partial charge is 0.270 e. The van der Waals surface area contributed by atoms with E-state index in [4.69, 9.17) is 16.3 Å². The minimum Gasteiger partial charge on any atom is -0.380 e. The number of hydrogen-bond acceptors (Lipinski definition) is 3. The molecule has 1 N–H and O–H groups in total. The van der Waals surface area contributed by atoms with Crippen LogP contribution in [0.4, 0.5) is 0 Å². The third-order valence-electron chi connectivity index (χ3n) is 7.28. The predicted octanol–water partition coefficient (Wildman–Crippen LogP) is 10.3. The van der Waals surface area contributed by atoms with Crippen molar-refractivity contribution in [1.29, 1.82) is 0 Å². The average molecular weight is 553 g/mol. The van der Waals surface area contributed by atoms with E-state index in [0.717, 1.165) is 38.5 Å². The molecule has 2 unspecified atom stereocenters. The summed E-state index contributed by atoms with van der Waals surface area (Å²) in [6.07, 6.45) is 28.5. The summed E-state index contributed by atoms with van der Waals surface area (Å²) in [4.78, 5) is 0. The lowest BCUT2D eigenvalue weighted by Crippen LogP contribution is -2.26. The highest BCUT2D eigenvalue weighted by atomic mass is 35.5. The molecule has 2 atom stereocenters. The van der Waals surface area contributed by atoms with Gasteiger partial charge in [-0.1, -0.05) is 142 Å². The van der Waals surface area contributed by atoms with Crippen LogP contribution < -0.4 is 0 Å². The fourth-order valence-electron chi connectivity index (χ4n) is 4.78. The Labute approximate surface area is 230 Å². The number of unbranched alkanes of at least 4 members (excludes halogenated alkanes) is 18. The molecule has 0 aromatic heterocycles. The van der Waals surface area contributed by atoms with E-state index < -0.39 is 15.4 Å². The molecule has 0 amide bonds. The second-order valence-electron chi connectivity index (χ2n) is 10.9. The van der Waals surface area contributed by atoms with E-state index in [9.17, 15) is 13.0 Å². The summed E-state index contributed by atoms with van der Waals surface area (Å²) >= 11 is 6.50. The highest BCUT2D eigenvalue weighted by molar-refractivity contribution is 7.86. The Kier molecular flexibility index (Phi) is 26.9. The van der Waals surface area contributed by atoms with Crippen molar-refractivity contribution >= 4 is 21.7 Å². The van der Waals surface area contributed by atoms with Gasteiger partial charge in [0.15, 0.2) is 0 Å². The van der Waals surface area contributed by atoms with E-state index >= 15 is 0 Å². The van der Waals surface area contributed by atoms with E-state index in [2.05, 4.69) is 13.8 Å². The van der Waals surface area contributed by atoms with Crippen LogP contribution in [0.2, 0.25) is 0 Å². The van der Waals surface area contributed by atoms with Gasteiger partial charge in [-0.15, -0.1) is 11.6 Å². The van der Waals surface area contributed by atoms with E-state index in [1.54, 1.807) is 0 Å². The number of alkyl halides is 1. The summed E-state index contributed by atoms with van der Waals surface area (Å²) in [7, 11) is -4.03. The van der Waals surface area contributed by atoms with Crippen LogP contribution in [0, 0.1) is 0 Å². The summed E-state index contributed by atoms with van der Waals surface area (Å²) in [5.41, 5.74) is 0. The highest BCUT2D eigenvalue weighted by Gasteiger charge is 2.22. The van der Waals surface area contributed by atoms with Gasteiger partial charge in [0.05, 0.1) is 6.61 Å². The zero-order valence-corrected chi connectivity index (χ0v) is 25.6. The minimum atomic E-state index is -4.03. The standard InChI is InChI=1S/C30H61ClO4S/c1-3-5-7-9-13-16-20-24-29(31)25-21-17-14-11-12-15-18-22-26-30(36(32,33)34)28-35-27-23-19-10-8-6-4-2/h29-30H,3-28H2,1-2H3,(H,32,33,34). The first-order valence-corrected chi connectivity index (χ1v) is 17.5. The lowest BCUT2D eigenvalue weighted by atomic mass is 10.0. The first-order valence-electron chi connectivity index (χ1n) is 15.6. The van der Waals surface area contributed by atoms with Gasteiger partial charge in [-0.05, 0) is 25.7 Å². The van der Waals surface area contributed by atoms with Crippen molar-refractivity contribution in [2.45, 2.75) is 179 Å². The topological polar surface area (TPSA) is 63.6 Å². The van der Waals surface area contributed by atoms with Crippen molar-refractivity contribution in [3.05, 3.63) is 0 Å². The van der Waals surface area contributed by atoms with E-state index in [1.165, 1.54) is 109 Å². The number of hydrogen-bond donors (Lipinski definition) is 1.